The Labute approximate surface area is 158 Å². The molecule has 142 valence electrons. The van der Waals surface area contributed by atoms with Crippen LogP contribution in [0.15, 0.2) is 35.1 Å². The summed E-state index contributed by atoms with van der Waals surface area (Å²) in [5.41, 5.74) is 5.19. The van der Waals surface area contributed by atoms with Crippen molar-refractivity contribution in [2.45, 2.75) is 25.3 Å². The second-order valence-electron chi connectivity index (χ2n) is 5.99. The maximum atomic E-state index is 12.4. The van der Waals surface area contributed by atoms with Gasteiger partial charge in [0, 0.05) is 12.5 Å². The Bertz CT molecular complexity index is 865. The number of nitrogens with two attached hydrogens (primary N) is 1. The molecule has 0 saturated carbocycles. The molecule has 3 atom stereocenters. The van der Waals surface area contributed by atoms with Crippen LogP contribution in [-0.2, 0) is 19.1 Å². The van der Waals surface area contributed by atoms with Crippen LogP contribution in [0.2, 0.25) is 0 Å². The van der Waals surface area contributed by atoms with Gasteiger partial charge in [0.05, 0.1) is 0 Å². The molecule has 1 saturated heterocycles. The minimum Gasteiger partial charge on any atom is -0.476 e. The van der Waals surface area contributed by atoms with Crippen LogP contribution in [-0.4, -0.2) is 45.2 Å². The zero-order chi connectivity index (χ0) is 19.9. The molecule has 2 heterocycles. The SMILES string of the molecule is CC(=O)O[C@H](C)[C@H]1C(=O)N2C(C(=O)O)=C(Oc3ccc(C(N)=O)cc3)S[C@H]12. The lowest BCUT2D eigenvalue weighted by Gasteiger charge is -2.43. The van der Waals surface area contributed by atoms with E-state index in [1.165, 1.54) is 31.2 Å². The summed E-state index contributed by atoms with van der Waals surface area (Å²) in [6, 6.07) is 5.85. The zero-order valence-corrected chi connectivity index (χ0v) is 15.2. The number of hydrogen-bond acceptors (Lipinski definition) is 7. The Morgan fingerprint density at radius 2 is 1.89 bits per heavy atom. The summed E-state index contributed by atoms with van der Waals surface area (Å²) in [7, 11) is 0. The Morgan fingerprint density at radius 1 is 1.26 bits per heavy atom. The second-order valence-corrected chi connectivity index (χ2v) is 7.08. The minimum absolute atomic E-state index is 0.0465. The second kappa shape index (κ2) is 6.95. The molecule has 0 aromatic heterocycles. The fourth-order valence-corrected chi connectivity index (χ4v) is 4.40. The Hall–Kier alpha value is -3.01. The van der Waals surface area contributed by atoms with Gasteiger partial charge in [0.2, 0.25) is 11.8 Å². The van der Waals surface area contributed by atoms with Crippen molar-refractivity contribution in [3.63, 3.8) is 0 Å². The number of benzene rings is 1. The van der Waals surface area contributed by atoms with Gasteiger partial charge >= 0.3 is 11.9 Å². The standard InChI is InChI=1S/C17H16N2O7S/c1-7(25-8(2)20)11-14(22)19-12(16(23)24)17(27-15(11)19)26-10-5-3-9(4-6-10)13(18)21/h3-7,11,15H,1-2H3,(H2,18,21)(H,23,24)/t7-,11+,15-/m1/s1. The number of carboxylic acids is 1. The molecular weight excluding hydrogens is 376 g/mol. The van der Waals surface area contributed by atoms with E-state index in [1.807, 2.05) is 0 Å². The molecule has 10 heteroatoms. The fraction of sp³-hybridized carbons (Fsp3) is 0.294. The third-order valence-electron chi connectivity index (χ3n) is 4.16. The van der Waals surface area contributed by atoms with Crippen LogP contribution < -0.4 is 10.5 Å². The summed E-state index contributed by atoms with van der Waals surface area (Å²) in [6.45, 7) is 2.83. The lowest BCUT2D eigenvalue weighted by atomic mass is 9.92. The molecule has 1 aromatic rings. The van der Waals surface area contributed by atoms with Crippen LogP contribution in [0.4, 0.5) is 0 Å². The number of nitrogens with zero attached hydrogens (tertiary/aromatic N) is 1. The number of carboxylic acid groups (broad SMARTS) is 1. The van der Waals surface area contributed by atoms with Gasteiger partial charge in [-0.05, 0) is 31.2 Å². The lowest BCUT2D eigenvalue weighted by molar-refractivity contribution is -0.165. The predicted octanol–water partition coefficient (Wildman–Crippen LogP) is 0.901. The van der Waals surface area contributed by atoms with Crippen LogP contribution in [0.3, 0.4) is 0 Å². The van der Waals surface area contributed by atoms with Gasteiger partial charge in [0.15, 0.2) is 10.8 Å². The van der Waals surface area contributed by atoms with Gasteiger partial charge < -0.3 is 20.3 Å². The monoisotopic (exact) mass is 392 g/mol. The van der Waals surface area contributed by atoms with E-state index < -0.39 is 41.1 Å². The molecule has 0 bridgehead atoms. The number of rotatable bonds is 6. The Kier molecular flexibility index (Phi) is 4.83. The fourth-order valence-electron chi connectivity index (χ4n) is 2.94. The van der Waals surface area contributed by atoms with Crippen molar-refractivity contribution in [2.75, 3.05) is 0 Å². The summed E-state index contributed by atoms with van der Waals surface area (Å²) in [5, 5.41) is 9.01. The van der Waals surface area contributed by atoms with E-state index in [2.05, 4.69) is 0 Å². The maximum absolute atomic E-state index is 12.4. The van der Waals surface area contributed by atoms with E-state index in [0.29, 0.717) is 5.75 Å². The van der Waals surface area contributed by atoms with Crippen molar-refractivity contribution in [1.29, 1.82) is 0 Å². The third kappa shape index (κ3) is 3.35. The first-order valence-electron chi connectivity index (χ1n) is 7.93. The number of ether oxygens (including phenoxy) is 2. The van der Waals surface area contributed by atoms with E-state index in [-0.39, 0.29) is 16.4 Å². The third-order valence-corrected chi connectivity index (χ3v) is 5.39. The molecule has 1 fully saturated rings. The average molecular weight is 392 g/mol. The molecule has 2 aliphatic heterocycles. The summed E-state index contributed by atoms with van der Waals surface area (Å²) in [4.78, 5) is 47.4. The quantitative estimate of drug-likeness (QED) is 0.538. The number of aliphatic carboxylic acids is 1. The minimum atomic E-state index is -1.30. The maximum Gasteiger partial charge on any atom is 0.357 e. The van der Waals surface area contributed by atoms with Crippen molar-refractivity contribution < 1.29 is 33.8 Å². The molecular formula is C17H16N2O7S. The summed E-state index contributed by atoms with van der Waals surface area (Å²) in [5.74, 6) is -3.23. The van der Waals surface area contributed by atoms with Crippen molar-refractivity contribution in [1.82, 2.24) is 4.90 Å². The Morgan fingerprint density at radius 3 is 2.41 bits per heavy atom. The van der Waals surface area contributed by atoms with Crippen molar-refractivity contribution in [3.05, 3.63) is 40.6 Å². The van der Waals surface area contributed by atoms with E-state index in [4.69, 9.17) is 15.2 Å². The van der Waals surface area contributed by atoms with Crippen LogP contribution in [0.25, 0.3) is 0 Å². The highest BCUT2D eigenvalue weighted by Gasteiger charge is 2.59. The number of primary amides is 1. The van der Waals surface area contributed by atoms with Crippen molar-refractivity contribution >= 4 is 35.5 Å². The molecule has 0 radical (unpaired) electrons. The van der Waals surface area contributed by atoms with E-state index >= 15 is 0 Å². The highest BCUT2D eigenvalue weighted by molar-refractivity contribution is 8.03. The smallest absolute Gasteiger partial charge is 0.357 e. The number of fused-ring (bicyclic) bond motifs is 1. The first-order valence-corrected chi connectivity index (χ1v) is 8.81. The van der Waals surface area contributed by atoms with E-state index in [0.717, 1.165) is 16.7 Å². The van der Waals surface area contributed by atoms with Crippen LogP contribution in [0.1, 0.15) is 24.2 Å². The topological polar surface area (TPSA) is 136 Å². The van der Waals surface area contributed by atoms with Crippen LogP contribution in [0.5, 0.6) is 5.75 Å². The molecule has 0 unspecified atom stereocenters. The largest absolute Gasteiger partial charge is 0.476 e. The molecule has 9 nitrogen and oxygen atoms in total. The van der Waals surface area contributed by atoms with Crippen molar-refractivity contribution in [2.24, 2.45) is 11.7 Å². The number of amides is 2. The van der Waals surface area contributed by atoms with Gasteiger partial charge in [-0.2, -0.15) is 0 Å². The number of thioether (sulfide) groups is 1. The van der Waals surface area contributed by atoms with Gasteiger partial charge in [0.25, 0.3) is 0 Å². The summed E-state index contributed by atoms with van der Waals surface area (Å²) >= 11 is 1.07. The molecule has 0 aliphatic carbocycles. The first kappa shape index (κ1) is 18.8. The Balaban J connectivity index is 1.81. The van der Waals surface area contributed by atoms with Gasteiger partial charge in [-0.15, -0.1) is 0 Å². The average Bonchev–Trinajstić information content (AvgIpc) is 2.89. The van der Waals surface area contributed by atoms with E-state index in [1.54, 1.807) is 6.92 Å². The molecule has 3 rings (SSSR count). The highest BCUT2D eigenvalue weighted by Crippen LogP contribution is 2.51. The highest BCUT2D eigenvalue weighted by atomic mass is 32.2. The molecule has 3 N–H and O–H groups in total. The molecule has 0 spiro atoms. The van der Waals surface area contributed by atoms with Crippen molar-refractivity contribution in [3.8, 4) is 5.75 Å². The predicted molar refractivity (Wildman–Crippen MR) is 93.2 cm³/mol. The zero-order valence-electron chi connectivity index (χ0n) is 14.4. The molecule has 2 aliphatic rings. The van der Waals surface area contributed by atoms with Crippen LogP contribution >= 0.6 is 11.8 Å². The lowest BCUT2D eigenvalue weighted by Crippen LogP contribution is -2.61. The van der Waals surface area contributed by atoms with Crippen LogP contribution in [0, 0.1) is 5.92 Å². The number of carbonyl (C=O) groups excluding carboxylic acids is 3. The summed E-state index contributed by atoms with van der Waals surface area (Å²) in [6.07, 6.45) is -0.687. The number of β-lactam (4-membered cyclic amide) rings is 1. The molecule has 27 heavy (non-hydrogen) atoms. The number of carbonyl (C=O) groups is 4. The normalized spacial score (nSPS) is 22.0. The van der Waals surface area contributed by atoms with Gasteiger partial charge in [-0.25, -0.2) is 4.79 Å². The van der Waals surface area contributed by atoms with Gasteiger partial charge in [0.1, 0.15) is 23.1 Å². The van der Waals surface area contributed by atoms with Gasteiger partial charge in [-0.3, -0.25) is 19.3 Å². The number of esters is 1. The van der Waals surface area contributed by atoms with Gasteiger partial charge in [-0.1, -0.05) is 11.8 Å². The molecule has 1 aromatic carbocycles. The first-order chi connectivity index (χ1) is 12.7. The number of hydrogen-bond donors (Lipinski definition) is 2. The molecule has 2 amide bonds. The summed E-state index contributed by atoms with van der Waals surface area (Å²) < 4.78 is 10.7. The van der Waals surface area contributed by atoms with E-state index in [9.17, 15) is 24.3 Å².